The normalized spacial score (nSPS) is 16.7. The summed E-state index contributed by atoms with van der Waals surface area (Å²) in [7, 11) is 1.53. The van der Waals surface area contributed by atoms with Gasteiger partial charge < -0.3 is 14.4 Å². The molecule has 6 heteroatoms. The van der Waals surface area contributed by atoms with Crippen molar-refractivity contribution in [3.8, 4) is 0 Å². The first-order chi connectivity index (χ1) is 12.7. The highest BCUT2D eigenvalue weighted by Gasteiger charge is 2.26. The average Bonchev–Trinajstić information content (AvgIpc) is 2.61. The number of piperidine rings is 1. The number of ether oxygens (including phenoxy) is 2. The van der Waals surface area contributed by atoms with E-state index in [1.807, 2.05) is 17.9 Å². The van der Waals surface area contributed by atoms with E-state index in [9.17, 15) is 9.59 Å². The van der Waals surface area contributed by atoms with Crippen LogP contribution in [0.3, 0.4) is 0 Å². The third-order valence-corrected chi connectivity index (χ3v) is 4.34. The Hall–Kier alpha value is -2.24. The van der Waals surface area contributed by atoms with Gasteiger partial charge in [0.1, 0.15) is 5.76 Å². The second-order valence-electron chi connectivity index (χ2n) is 7.97. The maximum Gasteiger partial charge on any atom is 0.411 e. The molecule has 0 aliphatic carbocycles. The average molecular weight is 379 g/mol. The number of alkyl carbamates (subject to hydrolysis) is 1. The molecule has 0 aromatic heterocycles. The Morgan fingerprint density at radius 2 is 1.89 bits per heavy atom. The molecular weight excluding hydrogens is 344 g/mol. The molecule has 0 atom stereocenters. The van der Waals surface area contributed by atoms with Crippen LogP contribution in [0, 0.1) is 11.3 Å². The quantitative estimate of drug-likeness (QED) is 0.537. The van der Waals surface area contributed by atoms with Gasteiger partial charge in [-0.15, -0.1) is 0 Å². The largest absolute Gasteiger partial charge is 0.495 e. The van der Waals surface area contributed by atoms with Gasteiger partial charge in [0, 0.05) is 19.5 Å². The van der Waals surface area contributed by atoms with Crippen LogP contribution in [0.15, 0.2) is 36.3 Å². The number of hydrogen-bond donors (Lipinski definition) is 1. The van der Waals surface area contributed by atoms with E-state index in [2.05, 4.69) is 32.7 Å². The lowest BCUT2D eigenvalue weighted by Gasteiger charge is -2.33. The summed E-state index contributed by atoms with van der Waals surface area (Å²) < 4.78 is 10.6. The van der Waals surface area contributed by atoms with Crippen molar-refractivity contribution in [2.24, 2.45) is 11.3 Å². The van der Waals surface area contributed by atoms with Crippen LogP contribution in [0.2, 0.25) is 0 Å². The lowest BCUT2D eigenvalue weighted by atomic mass is 9.90. The molecule has 1 N–H and O–H groups in total. The number of hydrogen-bond acceptors (Lipinski definition) is 4. The number of rotatable bonds is 7. The van der Waals surface area contributed by atoms with E-state index in [-0.39, 0.29) is 17.2 Å². The summed E-state index contributed by atoms with van der Waals surface area (Å²) in [6.45, 7) is 13.5. The van der Waals surface area contributed by atoms with Crippen LogP contribution in [0.4, 0.5) is 4.79 Å². The van der Waals surface area contributed by atoms with E-state index in [0.29, 0.717) is 24.5 Å². The lowest BCUT2D eigenvalue weighted by Crippen LogP contribution is -2.41. The van der Waals surface area contributed by atoms with Gasteiger partial charge in [-0.2, -0.15) is 0 Å². The minimum atomic E-state index is -0.532. The SMILES string of the molecule is C=C/C(NC(=O)OCC1CCN(C(=O)CC(C)(C)C)CC1)=C(\C=C/C)OC. The molecular formula is C21H34N2O4. The molecule has 1 heterocycles. The molecule has 0 saturated carbocycles. The van der Waals surface area contributed by atoms with Crippen LogP contribution < -0.4 is 5.32 Å². The smallest absolute Gasteiger partial charge is 0.411 e. The first-order valence-electron chi connectivity index (χ1n) is 9.45. The minimum Gasteiger partial charge on any atom is -0.495 e. The summed E-state index contributed by atoms with van der Waals surface area (Å²) in [5, 5.41) is 2.65. The number of likely N-dealkylation sites (tertiary alicyclic amines) is 1. The fraction of sp³-hybridized carbons (Fsp3) is 0.619. The van der Waals surface area contributed by atoms with Crippen LogP contribution >= 0.6 is 0 Å². The van der Waals surface area contributed by atoms with Crippen LogP contribution in [0.5, 0.6) is 0 Å². The van der Waals surface area contributed by atoms with Crippen molar-refractivity contribution in [1.82, 2.24) is 10.2 Å². The van der Waals surface area contributed by atoms with Crippen molar-refractivity contribution < 1.29 is 19.1 Å². The summed E-state index contributed by atoms with van der Waals surface area (Å²) in [6.07, 6.45) is 6.77. The topological polar surface area (TPSA) is 67.9 Å². The maximum absolute atomic E-state index is 12.3. The van der Waals surface area contributed by atoms with Crippen LogP contribution in [0.1, 0.15) is 47.0 Å². The first-order valence-corrected chi connectivity index (χ1v) is 9.45. The highest BCUT2D eigenvalue weighted by molar-refractivity contribution is 5.76. The summed E-state index contributed by atoms with van der Waals surface area (Å²) in [5.74, 6) is 0.981. The summed E-state index contributed by atoms with van der Waals surface area (Å²) in [4.78, 5) is 26.3. The molecule has 1 saturated heterocycles. The summed E-state index contributed by atoms with van der Waals surface area (Å²) in [5.41, 5.74) is 0.461. The molecule has 152 valence electrons. The third-order valence-electron chi connectivity index (χ3n) is 4.34. The van der Waals surface area contributed by atoms with E-state index in [4.69, 9.17) is 9.47 Å². The van der Waals surface area contributed by atoms with Gasteiger partial charge in [0.15, 0.2) is 0 Å². The number of methoxy groups -OCH3 is 1. The van der Waals surface area contributed by atoms with Crippen LogP contribution in [-0.4, -0.2) is 43.7 Å². The van der Waals surface area contributed by atoms with Gasteiger partial charge in [-0.25, -0.2) is 4.79 Å². The zero-order valence-electron chi connectivity index (χ0n) is 17.3. The predicted octanol–water partition coefficient (Wildman–Crippen LogP) is 4.01. The lowest BCUT2D eigenvalue weighted by molar-refractivity contribution is -0.134. The van der Waals surface area contributed by atoms with Gasteiger partial charge in [-0.05, 0) is 43.3 Å². The second-order valence-corrected chi connectivity index (χ2v) is 7.97. The van der Waals surface area contributed by atoms with Crippen molar-refractivity contribution in [3.05, 3.63) is 36.3 Å². The third kappa shape index (κ3) is 8.33. The van der Waals surface area contributed by atoms with Crippen molar-refractivity contribution in [2.75, 3.05) is 26.8 Å². The van der Waals surface area contributed by atoms with Crippen molar-refractivity contribution in [3.63, 3.8) is 0 Å². The van der Waals surface area contributed by atoms with E-state index in [1.54, 1.807) is 6.08 Å². The Morgan fingerprint density at radius 3 is 2.37 bits per heavy atom. The molecule has 1 aliphatic rings. The number of nitrogens with one attached hydrogen (secondary N) is 1. The highest BCUT2D eigenvalue weighted by atomic mass is 16.5. The summed E-state index contributed by atoms with van der Waals surface area (Å²) >= 11 is 0. The van der Waals surface area contributed by atoms with Gasteiger partial charge >= 0.3 is 6.09 Å². The molecule has 0 unspecified atom stereocenters. The Bertz CT molecular complexity index is 579. The molecule has 0 aromatic rings. The summed E-state index contributed by atoms with van der Waals surface area (Å²) in [6, 6.07) is 0. The molecule has 1 fully saturated rings. The fourth-order valence-electron chi connectivity index (χ4n) is 2.89. The monoisotopic (exact) mass is 378 g/mol. The molecule has 0 radical (unpaired) electrons. The van der Waals surface area contributed by atoms with Crippen molar-refractivity contribution in [1.29, 1.82) is 0 Å². The fourth-order valence-corrected chi connectivity index (χ4v) is 2.89. The van der Waals surface area contributed by atoms with Gasteiger partial charge in [0.25, 0.3) is 0 Å². The molecule has 0 aromatic carbocycles. The predicted molar refractivity (Wildman–Crippen MR) is 107 cm³/mol. The number of carbonyl (C=O) groups is 2. The van der Waals surface area contributed by atoms with Gasteiger partial charge in [0.05, 0.1) is 19.4 Å². The molecule has 2 amide bonds. The van der Waals surface area contributed by atoms with E-state index >= 15 is 0 Å². The Morgan fingerprint density at radius 1 is 1.26 bits per heavy atom. The van der Waals surface area contributed by atoms with Crippen LogP contribution in [0.25, 0.3) is 0 Å². The molecule has 1 rings (SSSR count). The molecule has 1 aliphatic heterocycles. The molecule has 6 nitrogen and oxygen atoms in total. The Balaban J connectivity index is 2.44. The van der Waals surface area contributed by atoms with E-state index < -0.39 is 6.09 Å². The van der Waals surface area contributed by atoms with Crippen LogP contribution in [-0.2, 0) is 14.3 Å². The molecule has 0 spiro atoms. The number of carbonyl (C=O) groups excluding carboxylic acids is 2. The number of allylic oxidation sites excluding steroid dienone is 3. The standard InChI is InChI=1S/C21H34N2O4/c1-7-9-18(26-6)17(8-2)22-20(25)27-15-16-10-12-23(13-11-16)19(24)14-21(3,4)5/h7-9,16H,2,10-15H2,1,3-6H3,(H,22,25)/b9-7-,18-17-. The highest BCUT2D eigenvalue weighted by Crippen LogP contribution is 2.23. The van der Waals surface area contributed by atoms with Crippen molar-refractivity contribution in [2.45, 2.75) is 47.0 Å². The second kappa shape index (κ2) is 10.8. The number of nitrogens with zero attached hydrogens (tertiary/aromatic N) is 1. The maximum atomic E-state index is 12.3. The molecule has 0 bridgehead atoms. The van der Waals surface area contributed by atoms with Crippen molar-refractivity contribution >= 4 is 12.0 Å². The Labute approximate surface area is 163 Å². The van der Waals surface area contributed by atoms with Gasteiger partial charge in [-0.3, -0.25) is 10.1 Å². The van der Waals surface area contributed by atoms with Gasteiger partial charge in [0.2, 0.25) is 5.91 Å². The van der Waals surface area contributed by atoms with E-state index in [0.717, 1.165) is 25.9 Å². The zero-order valence-corrected chi connectivity index (χ0v) is 17.3. The minimum absolute atomic E-state index is 0.000466. The molecule has 27 heavy (non-hydrogen) atoms. The Kier molecular flexibility index (Phi) is 9.12. The zero-order chi connectivity index (χ0) is 20.4. The van der Waals surface area contributed by atoms with E-state index in [1.165, 1.54) is 13.2 Å². The first kappa shape index (κ1) is 22.8. The number of amides is 2. The van der Waals surface area contributed by atoms with Gasteiger partial charge in [-0.1, -0.05) is 33.4 Å².